The van der Waals surface area contributed by atoms with Gasteiger partial charge < -0.3 is 28.5 Å². The number of esters is 2. The summed E-state index contributed by atoms with van der Waals surface area (Å²) >= 11 is 0. The standard InChI is InChI=1S/2C14H20O4/c2*1-2-17-14(16)12(5-7-15)11-6-8-18-13(9-11)10-3-4-10/h2*7,10,13H,2-6,8-9H2,1H3/b12-11+;12-11-. The molecular weight excluding hydrogens is 464 g/mol. The topological polar surface area (TPSA) is 105 Å². The Morgan fingerprint density at radius 1 is 0.750 bits per heavy atom. The predicted octanol–water partition coefficient (Wildman–Crippen LogP) is 4.05. The van der Waals surface area contributed by atoms with E-state index in [0.29, 0.717) is 49.4 Å². The van der Waals surface area contributed by atoms with E-state index in [2.05, 4.69) is 0 Å². The zero-order valence-corrected chi connectivity index (χ0v) is 21.6. The van der Waals surface area contributed by atoms with Crippen molar-refractivity contribution in [3.63, 3.8) is 0 Å². The van der Waals surface area contributed by atoms with Gasteiger partial charge in [0.15, 0.2) is 0 Å². The average Bonchev–Trinajstić information content (AvgIpc) is 3.79. The van der Waals surface area contributed by atoms with Crippen LogP contribution in [0.1, 0.15) is 78.1 Å². The Morgan fingerprint density at radius 2 is 1.14 bits per heavy atom. The lowest BCUT2D eigenvalue weighted by Gasteiger charge is -2.26. The summed E-state index contributed by atoms with van der Waals surface area (Å²) in [5.74, 6) is 0.632. The van der Waals surface area contributed by atoms with Crippen LogP contribution in [0.4, 0.5) is 0 Å². The van der Waals surface area contributed by atoms with E-state index in [1.807, 2.05) is 0 Å². The molecular formula is C28H40O8. The summed E-state index contributed by atoms with van der Waals surface area (Å²) in [6, 6.07) is 0. The molecule has 2 heterocycles. The van der Waals surface area contributed by atoms with Crippen molar-refractivity contribution in [2.75, 3.05) is 26.4 Å². The van der Waals surface area contributed by atoms with Crippen LogP contribution in [0.3, 0.4) is 0 Å². The molecule has 2 aliphatic carbocycles. The average molecular weight is 505 g/mol. The highest BCUT2D eigenvalue weighted by molar-refractivity contribution is 5.93. The van der Waals surface area contributed by atoms with Gasteiger partial charge in [0.05, 0.1) is 38.6 Å². The lowest BCUT2D eigenvalue weighted by Crippen LogP contribution is -2.25. The Balaban J connectivity index is 0.000000201. The summed E-state index contributed by atoms with van der Waals surface area (Å²) in [7, 11) is 0. The van der Waals surface area contributed by atoms with E-state index in [9.17, 15) is 19.2 Å². The van der Waals surface area contributed by atoms with Crippen molar-refractivity contribution in [1.82, 2.24) is 0 Å². The molecule has 8 heteroatoms. The van der Waals surface area contributed by atoms with E-state index in [1.165, 1.54) is 25.7 Å². The van der Waals surface area contributed by atoms with Crippen molar-refractivity contribution in [3.05, 3.63) is 22.3 Å². The van der Waals surface area contributed by atoms with Crippen LogP contribution >= 0.6 is 0 Å². The first-order valence-electron chi connectivity index (χ1n) is 13.4. The number of hydrogen-bond acceptors (Lipinski definition) is 8. The van der Waals surface area contributed by atoms with Crippen LogP contribution in [0.15, 0.2) is 22.3 Å². The highest BCUT2D eigenvalue weighted by atomic mass is 16.5. The van der Waals surface area contributed by atoms with Gasteiger partial charge in [-0.15, -0.1) is 0 Å². The quantitative estimate of drug-likeness (QED) is 0.249. The first kappa shape index (κ1) is 28.3. The van der Waals surface area contributed by atoms with E-state index in [1.54, 1.807) is 13.8 Å². The summed E-state index contributed by atoms with van der Waals surface area (Å²) in [6.45, 7) is 5.54. The first-order valence-corrected chi connectivity index (χ1v) is 13.4. The molecule has 200 valence electrons. The Hall–Kier alpha value is -2.32. The van der Waals surface area contributed by atoms with Crippen LogP contribution < -0.4 is 0 Å². The Kier molecular flexibility index (Phi) is 11.3. The first-order chi connectivity index (χ1) is 17.5. The molecule has 0 aromatic carbocycles. The minimum absolute atomic E-state index is 0.158. The normalized spacial score (nSPS) is 26.6. The number of carbonyl (C=O) groups is 4. The molecule has 36 heavy (non-hydrogen) atoms. The van der Waals surface area contributed by atoms with Gasteiger partial charge in [-0.1, -0.05) is 11.1 Å². The second-order valence-corrected chi connectivity index (χ2v) is 9.75. The van der Waals surface area contributed by atoms with E-state index in [4.69, 9.17) is 18.9 Å². The van der Waals surface area contributed by atoms with Gasteiger partial charge in [-0.3, -0.25) is 0 Å². The van der Waals surface area contributed by atoms with Gasteiger partial charge >= 0.3 is 11.9 Å². The number of rotatable bonds is 10. The van der Waals surface area contributed by atoms with Gasteiger partial charge in [0.2, 0.25) is 0 Å². The Morgan fingerprint density at radius 3 is 1.44 bits per heavy atom. The number of aldehydes is 2. The van der Waals surface area contributed by atoms with Gasteiger partial charge in [0, 0.05) is 24.0 Å². The highest BCUT2D eigenvalue weighted by Gasteiger charge is 2.36. The minimum Gasteiger partial charge on any atom is -0.463 e. The Labute approximate surface area is 213 Å². The summed E-state index contributed by atoms with van der Waals surface area (Å²) in [5, 5.41) is 0. The van der Waals surface area contributed by atoms with Gasteiger partial charge in [0.1, 0.15) is 12.6 Å². The molecule has 0 N–H and O–H groups in total. The molecule has 0 spiro atoms. The molecule has 0 amide bonds. The fourth-order valence-electron chi connectivity index (χ4n) is 4.91. The molecule has 0 bridgehead atoms. The lowest BCUT2D eigenvalue weighted by molar-refractivity contribution is -0.140. The smallest absolute Gasteiger partial charge is 0.334 e. The molecule has 4 fully saturated rings. The van der Waals surface area contributed by atoms with E-state index in [0.717, 1.165) is 49.4 Å². The minimum atomic E-state index is -0.337. The molecule has 4 rings (SSSR count). The van der Waals surface area contributed by atoms with Crippen LogP contribution in [0.25, 0.3) is 0 Å². The maximum absolute atomic E-state index is 11.8. The largest absolute Gasteiger partial charge is 0.463 e. The molecule has 8 nitrogen and oxygen atoms in total. The molecule has 2 saturated carbocycles. The van der Waals surface area contributed by atoms with Crippen molar-refractivity contribution < 1.29 is 38.1 Å². The SMILES string of the molecule is CCOC(=O)/C(CC=O)=C1/CCOC(C2CC2)C1.CCOC(=O)/C(CC=O)=C1\CCOC(C2CC2)C1. The summed E-state index contributed by atoms with van der Waals surface area (Å²) in [4.78, 5) is 45.1. The van der Waals surface area contributed by atoms with Crippen molar-refractivity contribution in [2.24, 2.45) is 11.8 Å². The van der Waals surface area contributed by atoms with Gasteiger partial charge in [-0.2, -0.15) is 0 Å². The molecule has 0 aromatic heterocycles. The number of hydrogen-bond donors (Lipinski definition) is 0. The van der Waals surface area contributed by atoms with E-state index in [-0.39, 0.29) is 37.0 Å². The fourth-order valence-corrected chi connectivity index (χ4v) is 4.91. The third-order valence-electron chi connectivity index (χ3n) is 7.13. The molecule has 2 atom stereocenters. The van der Waals surface area contributed by atoms with Gasteiger partial charge in [0.25, 0.3) is 0 Å². The highest BCUT2D eigenvalue weighted by Crippen LogP contribution is 2.41. The Bertz CT molecular complexity index is 780. The zero-order valence-electron chi connectivity index (χ0n) is 21.6. The van der Waals surface area contributed by atoms with Crippen molar-refractivity contribution in [2.45, 2.75) is 90.3 Å². The third-order valence-corrected chi connectivity index (χ3v) is 7.13. The van der Waals surface area contributed by atoms with Crippen LogP contribution in [0.5, 0.6) is 0 Å². The molecule has 2 saturated heterocycles. The van der Waals surface area contributed by atoms with Crippen molar-refractivity contribution in [1.29, 1.82) is 0 Å². The zero-order chi connectivity index (χ0) is 25.9. The monoisotopic (exact) mass is 504 g/mol. The van der Waals surface area contributed by atoms with Crippen LogP contribution in [0.2, 0.25) is 0 Å². The van der Waals surface area contributed by atoms with Gasteiger partial charge in [-0.25, -0.2) is 9.59 Å². The summed E-state index contributed by atoms with van der Waals surface area (Å²) < 4.78 is 21.5. The lowest BCUT2D eigenvalue weighted by atomic mass is 9.93. The van der Waals surface area contributed by atoms with Crippen LogP contribution in [-0.4, -0.2) is 63.1 Å². The van der Waals surface area contributed by atoms with Crippen LogP contribution in [-0.2, 0) is 38.1 Å². The maximum Gasteiger partial charge on any atom is 0.334 e. The predicted molar refractivity (Wildman–Crippen MR) is 132 cm³/mol. The maximum atomic E-state index is 11.8. The fraction of sp³-hybridized carbons (Fsp3) is 0.714. The second-order valence-electron chi connectivity index (χ2n) is 9.75. The van der Waals surface area contributed by atoms with E-state index >= 15 is 0 Å². The molecule has 0 radical (unpaired) electrons. The molecule has 4 aliphatic rings. The summed E-state index contributed by atoms with van der Waals surface area (Å²) in [6.07, 6.45) is 10.3. The molecule has 2 unspecified atom stereocenters. The van der Waals surface area contributed by atoms with Crippen molar-refractivity contribution in [3.8, 4) is 0 Å². The molecule has 0 aromatic rings. The van der Waals surface area contributed by atoms with Gasteiger partial charge in [-0.05, 0) is 77.0 Å². The molecule has 2 aliphatic heterocycles. The number of ether oxygens (including phenoxy) is 4. The third kappa shape index (κ3) is 8.37. The summed E-state index contributed by atoms with van der Waals surface area (Å²) in [5.41, 5.74) is 3.23. The van der Waals surface area contributed by atoms with Crippen LogP contribution in [0, 0.1) is 11.8 Å². The van der Waals surface area contributed by atoms with Crippen molar-refractivity contribution >= 4 is 24.5 Å². The number of carbonyl (C=O) groups excluding carboxylic acids is 4. The second kappa shape index (κ2) is 14.4. The van der Waals surface area contributed by atoms with E-state index < -0.39 is 0 Å².